The van der Waals surface area contributed by atoms with E-state index in [1.807, 2.05) is 0 Å². The van der Waals surface area contributed by atoms with Gasteiger partial charge in [0.1, 0.15) is 0 Å². The number of halogens is 2. The topological polar surface area (TPSA) is 3.24 Å². The first-order valence-electron chi connectivity index (χ1n) is 10.5. The number of rotatable bonds is 17. The van der Waals surface area contributed by atoms with Crippen LogP contribution in [0.4, 0.5) is 0 Å². The second kappa shape index (κ2) is 26.0. The normalized spacial score (nSPS) is 10.8. The molecule has 0 fully saturated rings. The molecule has 0 aliphatic carbocycles. The zero-order valence-electron chi connectivity index (χ0n) is 16.9. The van der Waals surface area contributed by atoms with Gasteiger partial charge in [-0.05, 0) is 45.8 Å². The van der Waals surface area contributed by atoms with Crippen LogP contribution in [0.2, 0.25) is 0 Å². The van der Waals surface area contributed by atoms with Crippen molar-refractivity contribution in [1.29, 1.82) is 0 Å². The van der Waals surface area contributed by atoms with Crippen LogP contribution in [-0.4, -0.2) is 36.2 Å². The molecule has 3 heteroatoms. The van der Waals surface area contributed by atoms with E-state index in [-0.39, 0.29) is 0 Å². The van der Waals surface area contributed by atoms with Gasteiger partial charge in [-0.2, -0.15) is 0 Å². The number of hydrogen-bond acceptors (Lipinski definition) is 1. The minimum atomic E-state index is 0.797. The SMILES string of the molecule is CCCCCCCCN(C)CCCCCCCC.ClCCCCBr. The summed E-state index contributed by atoms with van der Waals surface area (Å²) in [5.74, 6) is 0.797. The highest BCUT2D eigenvalue weighted by Crippen LogP contribution is 2.07. The van der Waals surface area contributed by atoms with Crippen LogP contribution >= 0.6 is 27.5 Å². The molecule has 0 heterocycles. The first kappa shape index (κ1) is 27.0. The van der Waals surface area contributed by atoms with Crippen LogP contribution < -0.4 is 0 Å². The zero-order chi connectivity index (χ0) is 18.3. The number of nitrogens with zero attached hydrogens (tertiary/aromatic N) is 1. The zero-order valence-corrected chi connectivity index (χ0v) is 19.3. The van der Waals surface area contributed by atoms with Crippen molar-refractivity contribution in [3.8, 4) is 0 Å². The van der Waals surface area contributed by atoms with E-state index in [2.05, 4.69) is 41.7 Å². The van der Waals surface area contributed by atoms with Gasteiger partial charge in [-0.3, -0.25) is 0 Å². The minimum absolute atomic E-state index is 0.797. The molecule has 148 valence electrons. The summed E-state index contributed by atoms with van der Waals surface area (Å²) < 4.78 is 0. The van der Waals surface area contributed by atoms with Crippen LogP contribution in [0.25, 0.3) is 0 Å². The summed E-state index contributed by atoms with van der Waals surface area (Å²) in [5, 5.41) is 1.08. The van der Waals surface area contributed by atoms with Gasteiger partial charge in [0.05, 0.1) is 0 Å². The Morgan fingerprint density at radius 1 is 0.625 bits per heavy atom. The lowest BCUT2D eigenvalue weighted by molar-refractivity contribution is 0.314. The molecule has 0 saturated carbocycles. The summed E-state index contributed by atoms with van der Waals surface area (Å²) in [6.07, 6.45) is 19.3. The summed E-state index contributed by atoms with van der Waals surface area (Å²) in [7, 11) is 2.29. The molecule has 0 atom stereocenters. The summed E-state index contributed by atoms with van der Waals surface area (Å²) in [4.78, 5) is 2.53. The minimum Gasteiger partial charge on any atom is -0.306 e. The van der Waals surface area contributed by atoms with Gasteiger partial charge in [-0.25, -0.2) is 0 Å². The quantitative estimate of drug-likeness (QED) is 0.168. The third-order valence-electron chi connectivity index (χ3n) is 4.30. The maximum Gasteiger partial charge on any atom is 0.0223 e. The molecule has 0 N–H and O–H groups in total. The van der Waals surface area contributed by atoms with E-state index in [4.69, 9.17) is 11.6 Å². The molecule has 0 aromatic heterocycles. The average Bonchev–Trinajstić information content (AvgIpc) is 2.59. The van der Waals surface area contributed by atoms with E-state index in [1.54, 1.807) is 0 Å². The largest absolute Gasteiger partial charge is 0.306 e. The molecule has 24 heavy (non-hydrogen) atoms. The Labute approximate surface area is 167 Å². The van der Waals surface area contributed by atoms with Gasteiger partial charge in [-0.1, -0.05) is 94.0 Å². The molecule has 0 spiro atoms. The summed E-state index contributed by atoms with van der Waals surface area (Å²) >= 11 is 8.65. The van der Waals surface area contributed by atoms with Crippen molar-refractivity contribution in [3.05, 3.63) is 0 Å². The van der Waals surface area contributed by atoms with Crippen LogP contribution in [0.15, 0.2) is 0 Å². The van der Waals surface area contributed by atoms with Crippen molar-refractivity contribution in [2.45, 2.75) is 104 Å². The molecule has 1 nitrogen and oxygen atoms in total. The molecule has 0 saturated heterocycles. The van der Waals surface area contributed by atoms with Crippen molar-refractivity contribution in [2.75, 3.05) is 31.3 Å². The Bertz CT molecular complexity index is 182. The molecule has 0 bridgehead atoms. The molecule has 0 aliphatic heterocycles. The second-order valence-electron chi connectivity index (χ2n) is 6.92. The third-order valence-corrected chi connectivity index (χ3v) is 5.13. The molecular formula is C21H45BrClN. The molecule has 0 radical (unpaired) electrons. The highest BCUT2D eigenvalue weighted by molar-refractivity contribution is 9.09. The number of alkyl halides is 2. The van der Waals surface area contributed by atoms with Crippen molar-refractivity contribution >= 4 is 27.5 Å². The van der Waals surface area contributed by atoms with Gasteiger partial charge in [0.2, 0.25) is 0 Å². The Balaban J connectivity index is 0. The van der Waals surface area contributed by atoms with Crippen molar-refractivity contribution < 1.29 is 0 Å². The van der Waals surface area contributed by atoms with Crippen molar-refractivity contribution in [2.24, 2.45) is 0 Å². The van der Waals surface area contributed by atoms with E-state index in [0.717, 1.165) is 17.6 Å². The summed E-state index contributed by atoms with van der Waals surface area (Å²) in [5.41, 5.74) is 0. The molecule has 0 amide bonds. The Kier molecular flexibility index (Phi) is 29.2. The predicted octanol–water partition coefficient (Wildman–Crippen LogP) is 8.04. The molecule has 0 aromatic rings. The van der Waals surface area contributed by atoms with E-state index in [9.17, 15) is 0 Å². The van der Waals surface area contributed by atoms with Gasteiger partial charge >= 0.3 is 0 Å². The standard InChI is InChI=1S/C17H37N.C4H8BrCl/c1-4-6-8-10-12-14-16-18(3)17-15-13-11-9-7-5-2;5-3-1-2-4-6/h4-17H2,1-3H3;1-4H2. The smallest absolute Gasteiger partial charge is 0.0223 e. The Morgan fingerprint density at radius 2 is 1.04 bits per heavy atom. The number of unbranched alkanes of at least 4 members (excludes halogenated alkanes) is 11. The third kappa shape index (κ3) is 27.6. The van der Waals surface area contributed by atoms with Crippen LogP contribution in [0.3, 0.4) is 0 Å². The monoisotopic (exact) mass is 425 g/mol. The lowest BCUT2D eigenvalue weighted by Gasteiger charge is -2.16. The van der Waals surface area contributed by atoms with E-state index in [0.29, 0.717) is 0 Å². The average molecular weight is 427 g/mol. The van der Waals surface area contributed by atoms with Gasteiger partial charge in [0.25, 0.3) is 0 Å². The highest BCUT2D eigenvalue weighted by Gasteiger charge is 1.98. The van der Waals surface area contributed by atoms with Crippen LogP contribution in [0, 0.1) is 0 Å². The van der Waals surface area contributed by atoms with E-state index < -0.39 is 0 Å². The fourth-order valence-corrected chi connectivity index (χ4v) is 3.21. The summed E-state index contributed by atoms with van der Waals surface area (Å²) in [6.45, 7) is 7.19. The van der Waals surface area contributed by atoms with Gasteiger partial charge in [0, 0.05) is 11.2 Å². The van der Waals surface area contributed by atoms with Crippen LogP contribution in [0.1, 0.15) is 104 Å². The van der Waals surface area contributed by atoms with Crippen molar-refractivity contribution in [3.63, 3.8) is 0 Å². The lowest BCUT2D eigenvalue weighted by Crippen LogP contribution is -2.20. The summed E-state index contributed by atoms with van der Waals surface area (Å²) in [6, 6.07) is 0. The molecular weight excluding hydrogens is 382 g/mol. The number of hydrogen-bond donors (Lipinski definition) is 0. The maximum atomic E-state index is 5.36. The van der Waals surface area contributed by atoms with Crippen LogP contribution in [-0.2, 0) is 0 Å². The highest BCUT2D eigenvalue weighted by atomic mass is 79.9. The second-order valence-corrected chi connectivity index (χ2v) is 8.09. The molecule has 0 unspecified atom stereocenters. The van der Waals surface area contributed by atoms with Gasteiger partial charge in [-0.15, -0.1) is 11.6 Å². The molecule has 0 aliphatic rings. The maximum absolute atomic E-state index is 5.36. The Morgan fingerprint density at radius 3 is 1.38 bits per heavy atom. The first-order valence-corrected chi connectivity index (χ1v) is 12.2. The fourth-order valence-electron chi connectivity index (χ4n) is 2.62. The Hall–Kier alpha value is 0.730. The first-order chi connectivity index (χ1) is 11.7. The van der Waals surface area contributed by atoms with Gasteiger partial charge in [0.15, 0.2) is 0 Å². The van der Waals surface area contributed by atoms with Crippen molar-refractivity contribution in [1.82, 2.24) is 4.90 Å². The lowest BCUT2D eigenvalue weighted by atomic mass is 10.1. The van der Waals surface area contributed by atoms with E-state index >= 15 is 0 Å². The predicted molar refractivity (Wildman–Crippen MR) is 118 cm³/mol. The molecule has 0 aromatic carbocycles. The van der Waals surface area contributed by atoms with E-state index in [1.165, 1.54) is 96.6 Å². The van der Waals surface area contributed by atoms with Crippen LogP contribution in [0.5, 0.6) is 0 Å². The van der Waals surface area contributed by atoms with Gasteiger partial charge < -0.3 is 4.90 Å². The fraction of sp³-hybridized carbons (Fsp3) is 1.00. The molecule has 0 rings (SSSR count).